The number of rotatable bonds is 4. The number of hydrogen-bond acceptors (Lipinski definition) is 5. The summed E-state index contributed by atoms with van der Waals surface area (Å²) in [7, 11) is 0. The van der Waals surface area contributed by atoms with E-state index in [1.54, 1.807) is 0 Å². The monoisotopic (exact) mass is 343 g/mol. The molecular formula is C19H21NO5. The first-order chi connectivity index (χ1) is 12.0. The van der Waals surface area contributed by atoms with Crippen LogP contribution in [0.15, 0.2) is 18.2 Å². The number of carbonyl (C=O) groups is 3. The minimum Gasteiger partial charge on any atom is -0.462 e. The molecule has 1 amide bonds. The Hall–Kier alpha value is -2.37. The van der Waals surface area contributed by atoms with Crippen molar-refractivity contribution in [2.75, 3.05) is 11.9 Å². The number of carbonyl (C=O) groups excluding carboxylic acids is 3. The van der Waals surface area contributed by atoms with Crippen molar-refractivity contribution in [2.24, 2.45) is 23.7 Å². The van der Waals surface area contributed by atoms with Crippen molar-refractivity contribution in [3.63, 3.8) is 0 Å². The molecule has 25 heavy (non-hydrogen) atoms. The van der Waals surface area contributed by atoms with Crippen molar-refractivity contribution >= 4 is 23.5 Å². The smallest absolute Gasteiger partial charge is 0.310 e. The number of amides is 1. The fourth-order valence-electron chi connectivity index (χ4n) is 4.75. The molecule has 6 heteroatoms. The molecule has 6 nitrogen and oxygen atoms in total. The summed E-state index contributed by atoms with van der Waals surface area (Å²) >= 11 is 0. The lowest BCUT2D eigenvalue weighted by atomic mass is 9.80. The minimum absolute atomic E-state index is 0.0149. The van der Waals surface area contributed by atoms with E-state index in [1.165, 1.54) is 0 Å². The Morgan fingerprint density at radius 1 is 1.24 bits per heavy atom. The van der Waals surface area contributed by atoms with Crippen LogP contribution in [0.3, 0.4) is 0 Å². The van der Waals surface area contributed by atoms with Gasteiger partial charge in [0.25, 0.3) is 5.91 Å². The molecule has 4 rings (SSSR count). The van der Waals surface area contributed by atoms with Gasteiger partial charge in [0, 0.05) is 11.6 Å². The summed E-state index contributed by atoms with van der Waals surface area (Å²) in [6.45, 7) is 3.48. The summed E-state index contributed by atoms with van der Waals surface area (Å²) in [5.41, 5.74) is 2.64. The Bertz CT molecular complexity index is 736. The molecule has 3 aliphatic rings. The van der Waals surface area contributed by atoms with Crippen LogP contribution in [0.2, 0.25) is 0 Å². The molecule has 1 N–H and O–H groups in total. The largest absolute Gasteiger partial charge is 0.462 e. The molecule has 2 saturated carbocycles. The Morgan fingerprint density at radius 2 is 1.96 bits per heavy atom. The first-order valence-corrected chi connectivity index (χ1v) is 8.69. The standard InChI is InChI=1S/C19H21NO5/c1-9-4-3-5-10(2)17(9)20-14(21)8-24-18(22)15-11-6-12-13(7-11)25-19(23)16(12)15/h3-5,11-13,15-16H,6-8H2,1-2H3,(H,20,21)/t11-,12+,13+,15-,16-/m1/s1. The van der Waals surface area contributed by atoms with E-state index in [0.717, 1.165) is 29.7 Å². The summed E-state index contributed by atoms with van der Waals surface area (Å²) in [6.07, 6.45) is 1.57. The second-order valence-electron chi connectivity index (χ2n) is 7.34. The van der Waals surface area contributed by atoms with Crippen LogP contribution >= 0.6 is 0 Å². The molecule has 2 aliphatic carbocycles. The first kappa shape index (κ1) is 16.1. The average molecular weight is 343 g/mol. The zero-order chi connectivity index (χ0) is 17.7. The third kappa shape index (κ3) is 2.60. The van der Waals surface area contributed by atoms with E-state index in [0.29, 0.717) is 0 Å². The van der Waals surface area contributed by atoms with Crippen molar-refractivity contribution in [3.8, 4) is 0 Å². The van der Waals surface area contributed by atoms with E-state index in [9.17, 15) is 14.4 Å². The molecule has 0 spiro atoms. The molecule has 0 unspecified atom stereocenters. The Kier molecular flexibility index (Phi) is 3.78. The summed E-state index contributed by atoms with van der Waals surface area (Å²) < 4.78 is 10.6. The number of fused-ring (bicyclic) bond motifs is 1. The van der Waals surface area contributed by atoms with Crippen LogP contribution in [-0.4, -0.2) is 30.6 Å². The van der Waals surface area contributed by atoms with Crippen LogP contribution in [0, 0.1) is 37.5 Å². The number of hydrogen-bond donors (Lipinski definition) is 1. The molecule has 1 saturated heterocycles. The Morgan fingerprint density at radius 3 is 2.68 bits per heavy atom. The van der Waals surface area contributed by atoms with E-state index in [2.05, 4.69) is 5.32 Å². The van der Waals surface area contributed by atoms with Crippen LogP contribution in [0.1, 0.15) is 24.0 Å². The zero-order valence-electron chi connectivity index (χ0n) is 14.3. The van der Waals surface area contributed by atoms with E-state index < -0.39 is 11.9 Å². The molecule has 1 heterocycles. The maximum Gasteiger partial charge on any atom is 0.310 e. The highest BCUT2D eigenvalue weighted by Crippen LogP contribution is 2.57. The molecule has 1 aromatic carbocycles. The van der Waals surface area contributed by atoms with Gasteiger partial charge in [-0.05, 0) is 43.7 Å². The number of ether oxygens (including phenoxy) is 2. The highest BCUT2D eigenvalue weighted by Gasteiger charge is 2.64. The Balaban J connectivity index is 1.36. The van der Waals surface area contributed by atoms with Crippen LogP contribution in [0.25, 0.3) is 0 Å². The van der Waals surface area contributed by atoms with Crippen molar-refractivity contribution < 1.29 is 23.9 Å². The number of esters is 2. The number of aryl methyl sites for hydroxylation is 2. The van der Waals surface area contributed by atoms with Gasteiger partial charge < -0.3 is 14.8 Å². The molecule has 132 valence electrons. The van der Waals surface area contributed by atoms with Gasteiger partial charge in [0.15, 0.2) is 6.61 Å². The van der Waals surface area contributed by atoms with Gasteiger partial charge in [0.1, 0.15) is 6.10 Å². The minimum atomic E-state index is -0.454. The van der Waals surface area contributed by atoms with Crippen LogP contribution in [0.4, 0.5) is 5.69 Å². The molecule has 1 aromatic rings. The van der Waals surface area contributed by atoms with E-state index in [4.69, 9.17) is 9.47 Å². The second kappa shape index (κ2) is 5.86. The van der Waals surface area contributed by atoms with Crippen LogP contribution < -0.4 is 5.32 Å². The highest BCUT2D eigenvalue weighted by molar-refractivity contribution is 5.94. The molecule has 3 fully saturated rings. The normalized spacial score (nSPS) is 31.8. The van der Waals surface area contributed by atoms with E-state index in [1.807, 2.05) is 32.0 Å². The van der Waals surface area contributed by atoms with Crippen LogP contribution in [-0.2, 0) is 23.9 Å². The molecule has 0 radical (unpaired) electrons. The van der Waals surface area contributed by atoms with Gasteiger partial charge in [-0.25, -0.2) is 0 Å². The average Bonchev–Trinajstić information content (AvgIpc) is 3.18. The van der Waals surface area contributed by atoms with Crippen LogP contribution in [0.5, 0.6) is 0 Å². The third-order valence-corrected chi connectivity index (χ3v) is 5.85. The number of para-hydroxylation sites is 1. The molecule has 2 bridgehead atoms. The van der Waals surface area contributed by atoms with Gasteiger partial charge in [0.2, 0.25) is 0 Å². The lowest BCUT2D eigenvalue weighted by molar-refractivity contribution is -0.157. The lowest BCUT2D eigenvalue weighted by Crippen LogP contribution is -2.35. The van der Waals surface area contributed by atoms with Crippen molar-refractivity contribution in [1.82, 2.24) is 0 Å². The molecule has 0 aromatic heterocycles. The molecular weight excluding hydrogens is 322 g/mol. The summed E-state index contributed by atoms with van der Waals surface area (Å²) in [4.78, 5) is 36.5. The SMILES string of the molecule is Cc1cccc(C)c1NC(=O)COC(=O)[C@@H]1[C@@H]2C[C@@H]3[C@H]1C(=O)O[C@H]3C2. The second-order valence-corrected chi connectivity index (χ2v) is 7.34. The van der Waals surface area contributed by atoms with Gasteiger partial charge in [-0.2, -0.15) is 0 Å². The van der Waals surface area contributed by atoms with Gasteiger partial charge >= 0.3 is 11.9 Å². The van der Waals surface area contributed by atoms with E-state index >= 15 is 0 Å². The third-order valence-electron chi connectivity index (χ3n) is 5.85. The van der Waals surface area contributed by atoms with Crippen molar-refractivity contribution in [2.45, 2.75) is 32.8 Å². The van der Waals surface area contributed by atoms with Gasteiger partial charge in [-0.15, -0.1) is 0 Å². The quantitative estimate of drug-likeness (QED) is 0.846. The summed E-state index contributed by atoms with van der Waals surface area (Å²) in [5.74, 6) is -1.65. The maximum atomic E-state index is 12.4. The zero-order valence-corrected chi connectivity index (χ0v) is 14.3. The molecule has 5 atom stereocenters. The van der Waals surface area contributed by atoms with Gasteiger partial charge in [-0.1, -0.05) is 18.2 Å². The highest BCUT2D eigenvalue weighted by atomic mass is 16.6. The topological polar surface area (TPSA) is 81.7 Å². The summed E-state index contributed by atoms with van der Waals surface area (Å²) in [5, 5.41) is 2.79. The fraction of sp³-hybridized carbons (Fsp3) is 0.526. The Labute approximate surface area is 145 Å². The van der Waals surface area contributed by atoms with Crippen molar-refractivity contribution in [1.29, 1.82) is 0 Å². The molecule has 1 aliphatic heterocycles. The number of anilines is 1. The van der Waals surface area contributed by atoms with Gasteiger partial charge in [0.05, 0.1) is 11.8 Å². The maximum absolute atomic E-state index is 12.4. The number of benzene rings is 1. The first-order valence-electron chi connectivity index (χ1n) is 8.69. The summed E-state index contributed by atoms with van der Waals surface area (Å²) in [6, 6.07) is 5.74. The fourth-order valence-corrected chi connectivity index (χ4v) is 4.75. The predicted octanol–water partition coefficient (Wildman–Crippen LogP) is 1.98. The number of nitrogens with one attached hydrogen (secondary N) is 1. The lowest BCUT2D eigenvalue weighted by Gasteiger charge is -2.22. The predicted molar refractivity (Wildman–Crippen MR) is 88.6 cm³/mol. The van der Waals surface area contributed by atoms with Gasteiger partial charge in [-0.3, -0.25) is 14.4 Å². The van der Waals surface area contributed by atoms with Crippen molar-refractivity contribution in [3.05, 3.63) is 29.3 Å². The van der Waals surface area contributed by atoms with E-state index in [-0.39, 0.29) is 42.3 Å².